The van der Waals surface area contributed by atoms with Gasteiger partial charge in [-0.3, -0.25) is 9.59 Å². The lowest BCUT2D eigenvalue weighted by Gasteiger charge is -2.34. The number of imide groups is 1. The lowest BCUT2D eigenvalue weighted by molar-refractivity contribution is -0.131. The van der Waals surface area contributed by atoms with Gasteiger partial charge in [0.1, 0.15) is 5.60 Å². The Labute approximate surface area is 140 Å². The van der Waals surface area contributed by atoms with Crippen LogP contribution in [0.15, 0.2) is 54.6 Å². The minimum atomic E-state index is -0.887. The third-order valence-electron chi connectivity index (χ3n) is 4.98. The molecule has 0 N–H and O–H groups in total. The number of carbonyl (C=O) groups excluding carboxylic acids is 2. The van der Waals surface area contributed by atoms with Crippen LogP contribution in [-0.4, -0.2) is 36.7 Å². The van der Waals surface area contributed by atoms with Crippen LogP contribution in [0.25, 0.3) is 0 Å². The zero-order valence-electron chi connectivity index (χ0n) is 13.5. The van der Waals surface area contributed by atoms with Crippen LogP contribution < -0.4 is 4.90 Å². The zero-order chi connectivity index (χ0) is 16.9. The number of rotatable bonds is 2. The second-order valence-electron chi connectivity index (χ2n) is 6.61. The lowest BCUT2D eigenvalue weighted by Crippen LogP contribution is -2.47. The largest absolute Gasteiger partial charge is 0.374 e. The van der Waals surface area contributed by atoms with Crippen LogP contribution in [0.5, 0.6) is 0 Å². The van der Waals surface area contributed by atoms with Crippen molar-refractivity contribution >= 4 is 17.5 Å². The minimum absolute atomic E-state index is 0.227. The fourth-order valence-corrected chi connectivity index (χ4v) is 4.08. The van der Waals surface area contributed by atoms with Gasteiger partial charge in [-0.15, -0.1) is 6.58 Å². The Bertz CT molecular complexity index is 741. The van der Waals surface area contributed by atoms with E-state index in [1.54, 1.807) is 18.2 Å². The summed E-state index contributed by atoms with van der Waals surface area (Å²) >= 11 is 0. The van der Waals surface area contributed by atoms with E-state index in [9.17, 15) is 9.59 Å². The summed E-state index contributed by atoms with van der Waals surface area (Å²) < 4.78 is 11.7. The van der Waals surface area contributed by atoms with Crippen LogP contribution in [0.2, 0.25) is 0 Å². The molecule has 0 aliphatic carbocycles. The molecule has 2 fully saturated rings. The molecule has 0 aromatic heterocycles. The molecular weight excluding hydrogens is 306 g/mol. The van der Waals surface area contributed by atoms with Crippen molar-refractivity contribution in [1.29, 1.82) is 0 Å². The molecule has 3 aliphatic rings. The Hall–Kier alpha value is -2.24. The number of fused-ring (bicyclic) bond motifs is 2. The van der Waals surface area contributed by atoms with Crippen LogP contribution in [-0.2, 0) is 19.1 Å². The van der Waals surface area contributed by atoms with Crippen molar-refractivity contribution in [2.24, 2.45) is 11.8 Å². The highest BCUT2D eigenvalue weighted by Crippen LogP contribution is 2.50. The molecule has 4 rings (SSSR count). The summed E-state index contributed by atoms with van der Waals surface area (Å²) in [7, 11) is 0. The van der Waals surface area contributed by atoms with Crippen molar-refractivity contribution in [3.05, 3.63) is 54.6 Å². The highest BCUT2D eigenvalue weighted by Gasteiger charge is 2.66. The smallest absolute Gasteiger partial charge is 0.241 e. The molecular formula is C19H19NO4. The van der Waals surface area contributed by atoms with E-state index >= 15 is 0 Å². The van der Waals surface area contributed by atoms with Gasteiger partial charge in [-0.05, 0) is 30.7 Å². The zero-order valence-corrected chi connectivity index (χ0v) is 13.5. The highest BCUT2D eigenvalue weighted by atomic mass is 16.6. The van der Waals surface area contributed by atoms with Crippen molar-refractivity contribution in [3.63, 3.8) is 0 Å². The summed E-state index contributed by atoms with van der Waals surface area (Å²) in [6, 6.07) is 9.02. The van der Waals surface area contributed by atoms with Crippen LogP contribution in [0.1, 0.15) is 6.92 Å². The van der Waals surface area contributed by atoms with Gasteiger partial charge in [-0.2, -0.15) is 0 Å². The van der Waals surface area contributed by atoms with E-state index < -0.39 is 23.5 Å². The quantitative estimate of drug-likeness (QED) is 0.617. The van der Waals surface area contributed by atoms with Gasteiger partial charge in [-0.25, -0.2) is 4.90 Å². The molecule has 1 aromatic rings. The van der Waals surface area contributed by atoms with Crippen molar-refractivity contribution in [3.8, 4) is 0 Å². The molecule has 0 radical (unpaired) electrons. The molecule has 5 nitrogen and oxygen atoms in total. The molecule has 5 heteroatoms. The molecule has 3 aliphatic heterocycles. The summed E-state index contributed by atoms with van der Waals surface area (Å²) in [5.74, 6) is -1.59. The maximum Gasteiger partial charge on any atom is 0.241 e. The number of carbonyl (C=O) groups is 2. The van der Waals surface area contributed by atoms with E-state index in [1.807, 2.05) is 31.2 Å². The number of ether oxygens (including phenoxy) is 2. The van der Waals surface area contributed by atoms with Crippen molar-refractivity contribution in [2.75, 3.05) is 18.1 Å². The maximum atomic E-state index is 13.1. The molecule has 2 amide bonds. The van der Waals surface area contributed by atoms with Crippen LogP contribution >= 0.6 is 0 Å². The molecule has 1 spiro atoms. The van der Waals surface area contributed by atoms with Gasteiger partial charge in [0.2, 0.25) is 11.8 Å². The van der Waals surface area contributed by atoms with Crippen molar-refractivity contribution in [1.82, 2.24) is 0 Å². The molecule has 124 valence electrons. The van der Waals surface area contributed by atoms with Crippen LogP contribution in [0, 0.1) is 11.8 Å². The second kappa shape index (κ2) is 5.40. The number of nitrogens with zero attached hydrogens (tertiary/aromatic N) is 1. The number of hydrogen-bond acceptors (Lipinski definition) is 4. The molecule has 4 atom stereocenters. The van der Waals surface area contributed by atoms with Gasteiger partial charge in [0, 0.05) is 0 Å². The van der Waals surface area contributed by atoms with E-state index in [1.165, 1.54) is 4.90 Å². The fraction of sp³-hybridized carbons (Fsp3) is 0.368. The predicted octanol–water partition coefficient (Wildman–Crippen LogP) is 2.09. The number of amides is 2. The number of benzene rings is 1. The molecule has 2 saturated heterocycles. The normalized spacial score (nSPS) is 35.3. The van der Waals surface area contributed by atoms with Crippen LogP contribution in [0.4, 0.5) is 5.69 Å². The van der Waals surface area contributed by atoms with Gasteiger partial charge < -0.3 is 9.47 Å². The summed E-state index contributed by atoms with van der Waals surface area (Å²) in [5, 5.41) is 0. The molecule has 3 heterocycles. The first-order valence-electron chi connectivity index (χ1n) is 8.07. The van der Waals surface area contributed by atoms with E-state index in [-0.39, 0.29) is 18.4 Å². The first-order valence-corrected chi connectivity index (χ1v) is 8.07. The maximum absolute atomic E-state index is 13.1. The first kappa shape index (κ1) is 15.3. The number of para-hydroxylation sites is 1. The van der Waals surface area contributed by atoms with E-state index in [2.05, 4.69) is 6.58 Å². The molecule has 0 unspecified atom stereocenters. The fourth-order valence-electron chi connectivity index (χ4n) is 4.08. The molecule has 0 saturated carbocycles. The van der Waals surface area contributed by atoms with Crippen molar-refractivity contribution < 1.29 is 19.1 Å². The van der Waals surface area contributed by atoms with Gasteiger partial charge in [0.05, 0.1) is 36.8 Å². The molecule has 1 aromatic carbocycles. The average Bonchev–Trinajstić information content (AvgIpc) is 3.03. The second-order valence-corrected chi connectivity index (χ2v) is 6.61. The van der Waals surface area contributed by atoms with Gasteiger partial charge in [0.15, 0.2) is 0 Å². The third kappa shape index (κ3) is 2.01. The topological polar surface area (TPSA) is 55.8 Å². The van der Waals surface area contributed by atoms with E-state index in [0.717, 1.165) is 5.57 Å². The van der Waals surface area contributed by atoms with E-state index in [0.29, 0.717) is 12.3 Å². The van der Waals surface area contributed by atoms with Crippen molar-refractivity contribution in [2.45, 2.75) is 18.6 Å². The van der Waals surface area contributed by atoms with Gasteiger partial charge in [0.25, 0.3) is 0 Å². The van der Waals surface area contributed by atoms with Gasteiger partial charge >= 0.3 is 0 Å². The molecule has 24 heavy (non-hydrogen) atoms. The summed E-state index contributed by atoms with van der Waals surface area (Å²) in [6.45, 7) is 6.52. The predicted molar refractivity (Wildman–Crippen MR) is 88.3 cm³/mol. The van der Waals surface area contributed by atoms with Crippen LogP contribution in [0.3, 0.4) is 0 Å². The monoisotopic (exact) mass is 325 g/mol. The SMILES string of the molecule is C=C[C@H]1O[C@@]2(C=C(C)COC2)[C@H]2C(=O)N(c3ccccc3)C(=O)[C@@H]12. The Morgan fingerprint density at radius 3 is 2.67 bits per heavy atom. The van der Waals surface area contributed by atoms with E-state index in [4.69, 9.17) is 9.47 Å². The van der Waals surface area contributed by atoms with Gasteiger partial charge in [-0.1, -0.05) is 24.3 Å². The Morgan fingerprint density at radius 1 is 1.25 bits per heavy atom. The summed E-state index contributed by atoms with van der Waals surface area (Å²) in [6.07, 6.45) is 3.08. The number of hydrogen-bond donors (Lipinski definition) is 0. The number of anilines is 1. The summed E-state index contributed by atoms with van der Waals surface area (Å²) in [5.41, 5.74) is 0.711. The third-order valence-corrected chi connectivity index (χ3v) is 4.98. The Morgan fingerprint density at radius 2 is 2.00 bits per heavy atom. The molecule has 0 bridgehead atoms. The Kier molecular flexibility index (Phi) is 3.44. The standard InChI is InChI=1S/C19H19NO4/c1-3-14-15-16(19(24-14)9-12(2)10-23-11-19)18(22)20(17(15)21)13-7-5-4-6-8-13/h3-9,14-16H,1,10-11H2,2H3/t14-,15+,16-,19-/m1/s1. The lowest BCUT2D eigenvalue weighted by atomic mass is 9.79. The first-order chi connectivity index (χ1) is 11.6. The minimum Gasteiger partial charge on any atom is -0.374 e. The average molecular weight is 325 g/mol. The highest BCUT2D eigenvalue weighted by molar-refractivity contribution is 6.23. The summed E-state index contributed by atoms with van der Waals surface area (Å²) in [4.78, 5) is 27.4. The Balaban J connectivity index is 1.81.